The van der Waals surface area contributed by atoms with Gasteiger partial charge < -0.3 is 15.5 Å². The van der Waals surface area contributed by atoms with Gasteiger partial charge in [-0.25, -0.2) is 14.1 Å². The van der Waals surface area contributed by atoms with Crippen molar-refractivity contribution < 1.29 is 18.8 Å². The van der Waals surface area contributed by atoms with Gasteiger partial charge in [0.05, 0.1) is 5.69 Å². The Labute approximate surface area is 173 Å². The molecule has 0 saturated carbocycles. The highest BCUT2D eigenvalue weighted by Crippen LogP contribution is 2.22. The number of para-hydroxylation sites is 1. The average Bonchev–Trinajstić information content (AvgIpc) is 3.35. The van der Waals surface area contributed by atoms with Gasteiger partial charge in [-0.3, -0.25) is 9.59 Å². The number of benzene rings is 2. The first kappa shape index (κ1) is 19.6. The molecule has 0 atom stereocenters. The van der Waals surface area contributed by atoms with E-state index in [4.69, 9.17) is 0 Å². The zero-order chi connectivity index (χ0) is 21.1. The van der Waals surface area contributed by atoms with Gasteiger partial charge >= 0.3 is 6.03 Å². The Bertz CT molecular complexity index is 1010. The van der Waals surface area contributed by atoms with Crippen molar-refractivity contribution in [2.45, 2.75) is 12.8 Å². The van der Waals surface area contributed by atoms with E-state index in [9.17, 15) is 18.8 Å². The van der Waals surface area contributed by atoms with Crippen LogP contribution in [-0.4, -0.2) is 42.4 Å². The lowest BCUT2D eigenvalue weighted by Crippen LogP contribution is -2.38. The van der Waals surface area contributed by atoms with Crippen LogP contribution in [0.4, 0.5) is 20.6 Å². The van der Waals surface area contributed by atoms with Crippen molar-refractivity contribution >= 4 is 35.3 Å². The first-order chi connectivity index (χ1) is 14.5. The summed E-state index contributed by atoms with van der Waals surface area (Å²) in [5.74, 6) is -1.87. The average molecular weight is 408 g/mol. The van der Waals surface area contributed by atoms with Crippen molar-refractivity contribution in [3.8, 4) is 0 Å². The highest BCUT2D eigenvalue weighted by atomic mass is 19.1. The van der Waals surface area contributed by atoms with Gasteiger partial charge in [-0.15, -0.1) is 0 Å². The summed E-state index contributed by atoms with van der Waals surface area (Å²) in [6, 6.07) is 12.7. The molecule has 0 spiro atoms. The van der Waals surface area contributed by atoms with E-state index in [-0.39, 0.29) is 11.4 Å². The normalized spacial score (nSPS) is 17.6. The number of anilines is 2. The molecule has 154 valence electrons. The first-order valence-corrected chi connectivity index (χ1v) is 9.75. The molecule has 0 aromatic heterocycles. The molecule has 2 fully saturated rings. The summed E-state index contributed by atoms with van der Waals surface area (Å²) in [5.41, 5.74) is 1.97. The van der Waals surface area contributed by atoms with Crippen LogP contribution in [-0.2, 0) is 9.59 Å². The molecule has 2 saturated heterocycles. The zero-order valence-electron chi connectivity index (χ0n) is 16.2. The van der Waals surface area contributed by atoms with E-state index < -0.39 is 30.2 Å². The third-order valence-electron chi connectivity index (χ3n) is 5.09. The van der Waals surface area contributed by atoms with Crippen molar-refractivity contribution in [2.75, 3.05) is 29.9 Å². The summed E-state index contributed by atoms with van der Waals surface area (Å²) in [7, 11) is 0. The van der Waals surface area contributed by atoms with Gasteiger partial charge in [-0.05, 0) is 48.7 Å². The molecule has 0 bridgehead atoms. The molecule has 0 aliphatic carbocycles. The standard InChI is InChI=1S/C22H21FN4O3/c23-17-5-1-2-6-18(17)24-20(28)14-27-21(29)19(25-22(27)30)13-15-7-9-16(10-8-15)26-11-3-4-12-26/h1-2,5-10,13H,3-4,11-12,14H2,(H,24,28)(H,25,30)/b19-13-. The summed E-state index contributed by atoms with van der Waals surface area (Å²) in [6.45, 7) is 1.57. The summed E-state index contributed by atoms with van der Waals surface area (Å²) in [4.78, 5) is 40.0. The van der Waals surface area contributed by atoms with E-state index in [0.717, 1.165) is 29.2 Å². The summed E-state index contributed by atoms with van der Waals surface area (Å²) in [5, 5.41) is 4.85. The van der Waals surface area contributed by atoms with Gasteiger partial charge in [0.15, 0.2) is 0 Å². The van der Waals surface area contributed by atoms with Gasteiger partial charge in [0.25, 0.3) is 5.91 Å². The molecule has 2 aliphatic rings. The topological polar surface area (TPSA) is 81.8 Å². The van der Waals surface area contributed by atoms with Gasteiger partial charge in [0.1, 0.15) is 18.1 Å². The molecule has 2 aromatic carbocycles. The Hall–Kier alpha value is -3.68. The predicted molar refractivity (Wildman–Crippen MR) is 111 cm³/mol. The molecular formula is C22H21FN4O3. The van der Waals surface area contributed by atoms with Crippen LogP contribution >= 0.6 is 0 Å². The highest BCUT2D eigenvalue weighted by Gasteiger charge is 2.35. The number of nitrogens with one attached hydrogen (secondary N) is 2. The molecule has 0 unspecified atom stereocenters. The third kappa shape index (κ3) is 4.17. The van der Waals surface area contributed by atoms with Crippen LogP contribution in [0.2, 0.25) is 0 Å². The Kier molecular flexibility index (Phi) is 5.47. The number of hydrogen-bond donors (Lipinski definition) is 2. The molecule has 8 heteroatoms. The number of imide groups is 1. The molecule has 4 amide bonds. The summed E-state index contributed by atoms with van der Waals surface area (Å²) >= 11 is 0. The fourth-order valence-corrected chi connectivity index (χ4v) is 3.53. The van der Waals surface area contributed by atoms with E-state index in [0.29, 0.717) is 0 Å². The lowest BCUT2D eigenvalue weighted by atomic mass is 10.1. The van der Waals surface area contributed by atoms with E-state index in [2.05, 4.69) is 15.5 Å². The summed E-state index contributed by atoms with van der Waals surface area (Å²) in [6.07, 6.45) is 3.95. The number of rotatable bonds is 5. The van der Waals surface area contributed by atoms with E-state index in [1.54, 1.807) is 12.1 Å². The van der Waals surface area contributed by atoms with E-state index in [1.165, 1.54) is 31.0 Å². The van der Waals surface area contributed by atoms with E-state index >= 15 is 0 Å². The fraction of sp³-hybridized carbons (Fsp3) is 0.227. The minimum atomic E-state index is -0.691. The van der Waals surface area contributed by atoms with Gasteiger partial charge in [-0.1, -0.05) is 24.3 Å². The molecule has 2 heterocycles. The smallest absolute Gasteiger partial charge is 0.329 e. The minimum absolute atomic E-state index is 0.0107. The first-order valence-electron chi connectivity index (χ1n) is 9.75. The maximum absolute atomic E-state index is 13.7. The second-order valence-electron chi connectivity index (χ2n) is 7.19. The number of urea groups is 1. The van der Waals surface area contributed by atoms with Crippen molar-refractivity contribution in [1.82, 2.24) is 10.2 Å². The van der Waals surface area contributed by atoms with Crippen molar-refractivity contribution in [3.63, 3.8) is 0 Å². The zero-order valence-corrected chi connectivity index (χ0v) is 16.2. The van der Waals surface area contributed by atoms with Crippen LogP contribution in [0, 0.1) is 5.82 Å². The Morgan fingerprint density at radius 3 is 2.47 bits per heavy atom. The maximum Gasteiger partial charge on any atom is 0.329 e. The molecule has 2 N–H and O–H groups in total. The van der Waals surface area contributed by atoms with E-state index in [1.807, 2.05) is 24.3 Å². The second kappa shape index (κ2) is 8.36. The van der Waals surface area contributed by atoms with Gasteiger partial charge in [0.2, 0.25) is 5.91 Å². The van der Waals surface area contributed by atoms with Crippen LogP contribution < -0.4 is 15.5 Å². The third-order valence-corrected chi connectivity index (χ3v) is 5.09. The second-order valence-corrected chi connectivity index (χ2v) is 7.19. The van der Waals surface area contributed by atoms with Crippen LogP contribution in [0.3, 0.4) is 0 Å². The largest absolute Gasteiger partial charge is 0.372 e. The molecule has 4 rings (SSSR count). The number of amides is 4. The number of nitrogens with zero attached hydrogens (tertiary/aromatic N) is 2. The van der Waals surface area contributed by atoms with Crippen molar-refractivity contribution in [3.05, 3.63) is 65.6 Å². The molecule has 7 nitrogen and oxygen atoms in total. The molecule has 30 heavy (non-hydrogen) atoms. The highest BCUT2D eigenvalue weighted by molar-refractivity contribution is 6.15. The maximum atomic E-state index is 13.7. The molecule has 2 aromatic rings. The quantitative estimate of drug-likeness (QED) is 0.589. The number of carbonyl (C=O) groups is 3. The number of hydrogen-bond acceptors (Lipinski definition) is 4. The SMILES string of the molecule is O=C(CN1C(=O)N/C(=C\c2ccc(N3CCCC3)cc2)C1=O)Nc1ccccc1F. The molecule has 0 radical (unpaired) electrons. The van der Waals surface area contributed by atoms with Gasteiger partial charge in [-0.2, -0.15) is 0 Å². The number of carbonyl (C=O) groups excluding carboxylic acids is 3. The van der Waals surface area contributed by atoms with Crippen LogP contribution in [0.1, 0.15) is 18.4 Å². The lowest BCUT2D eigenvalue weighted by Gasteiger charge is -2.17. The van der Waals surface area contributed by atoms with Crippen molar-refractivity contribution in [1.29, 1.82) is 0 Å². The molecular weight excluding hydrogens is 387 g/mol. The summed E-state index contributed by atoms with van der Waals surface area (Å²) < 4.78 is 13.7. The fourth-order valence-electron chi connectivity index (χ4n) is 3.53. The van der Waals surface area contributed by atoms with Crippen molar-refractivity contribution in [2.24, 2.45) is 0 Å². The lowest BCUT2D eigenvalue weighted by molar-refractivity contribution is -0.127. The van der Waals surface area contributed by atoms with Crippen LogP contribution in [0.5, 0.6) is 0 Å². The number of halogens is 1. The Balaban J connectivity index is 1.41. The molecule has 2 aliphatic heterocycles. The Morgan fingerprint density at radius 1 is 1.07 bits per heavy atom. The van der Waals surface area contributed by atoms with Crippen LogP contribution in [0.25, 0.3) is 6.08 Å². The predicted octanol–water partition coefficient (Wildman–Crippen LogP) is 2.96. The van der Waals surface area contributed by atoms with Gasteiger partial charge in [0, 0.05) is 18.8 Å². The Morgan fingerprint density at radius 2 is 1.77 bits per heavy atom. The van der Waals surface area contributed by atoms with Crippen LogP contribution in [0.15, 0.2) is 54.2 Å². The monoisotopic (exact) mass is 408 g/mol. The minimum Gasteiger partial charge on any atom is -0.372 e.